The van der Waals surface area contributed by atoms with E-state index in [4.69, 9.17) is 9.47 Å². The molecule has 7 nitrogen and oxygen atoms in total. The van der Waals surface area contributed by atoms with Crippen molar-refractivity contribution in [2.24, 2.45) is 0 Å². The van der Waals surface area contributed by atoms with Crippen LogP contribution >= 0.6 is 0 Å². The highest BCUT2D eigenvalue weighted by Gasteiger charge is 2.30. The molecule has 8 heteroatoms. The molecule has 1 atom stereocenters. The summed E-state index contributed by atoms with van der Waals surface area (Å²) in [6, 6.07) is 11.4. The van der Waals surface area contributed by atoms with Crippen molar-refractivity contribution < 1.29 is 22.7 Å². The predicted octanol–water partition coefficient (Wildman–Crippen LogP) is 3.37. The van der Waals surface area contributed by atoms with Crippen molar-refractivity contribution in [1.82, 2.24) is 0 Å². The number of ether oxygens (including phenoxy) is 2. The van der Waals surface area contributed by atoms with E-state index >= 15 is 0 Å². The van der Waals surface area contributed by atoms with Crippen molar-refractivity contribution in [1.29, 1.82) is 0 Å². The van der Waals surface area contributed by atoms with Gasteiger partial charge >= 0.3 is 0 Å². The van der Waals surface area contributed by atoms with E-state index in [-0.39, 0.29) is 0 Å². The number of carbonyl (C=O) groups is 1. The molecule has 0 saturated heterocycles. The van der Waals surface area contributed by atoms with E-state index in [1.54, 1.807) is 25.1 Å². The molecule has 0 bridgehead atoms. The first kappa shape index (κ1) is 21.0. The average molecular weight is 419 g/mol. The van der Waals surface area contributed by atoms with E-state index in [1.807, 2.05) is 24.3 Å². The Morgan fingerprint density at radius 3 is 2.21 bits per heavy atom. The smallest absolute Gasteiger partial charge is 0.247 e. The summed E-state index contributed by atoms with van der Waals surface area (Å²) in [4.78, 5) is 12.8. The first-order chi connectivity index (χ1) is 13.7. The lowest BCUT2D eigenvalue weighted by molar-refractivity contribution is -0.116. The SMILES string of the molecule is CC(C)c1ccc(NC(=O)[C@H](C)N(c2ccc3c(c2)OCCO3)S(C)(=O)=O)cc1. The second-order valence-corrected chi connectivity index (χ2v) is 9.19. The average Bonchev–Trinajstić information content (AvgIpc) is 2.67. The Kier molecular flexibility index (Phi) is 6.02. The molecule has 1 amide bonds. The Hall–Kier alpha value is -2.74. The van der Waals surface area contributed by atoms with Crippen LogP contribution in [0.3, 0.4) is 0 Å². The molecule has 0 aliphatic carbocycles. The number of amides is 1. The maximum atomic E-state index is 12.8. The van der Waals surface area contributed by atoms with Crippen molar-refractivity contribution >= 4 is 27.3 Å². The standard InChI is InChI=1S/C21H26N2O5S/c1-14(2)16-5-7-17(8-6-16)22-21(24)15(3)23(29(4,25)26)18-9-10-19-20(13-18)28-12-11-27-19/h5-10,13-15H,11-12H2,1-4H3,(H,22,24)/t15-/m0/s1. The van der Waals surface area contributed by atoms with Gasteiger partial charge in [-0.05, 0) is 42.7 Å². The third-order valence-electron chi connectivity index (χ3n) is 4.71. The van der Waals surface area contributed by atoms with E-state index in [0.29, 0.717) is 42.0 Å². The summed E-state index contributed by atoms with van der Waals surface area (Å²) < 4.78 is 37.1. The molecule has 1 heterocycles. The summed E-state index contributed by atoms with van der Waals surface area (Å²) in [6.45, 7) is 6.56. The number of rotatable bonds is 6. The summed E-state index contributed by atoms with van der Waals surface area (Å²) in [7, 11) is -3.72. The minimum atomic E-state index is -3.72. The quantitative estimate of drug-likeness (QED) is 0.777. The van der Waals surface area contributed by atoms with Gasteiger partial charge in [-0.1, -0.05) is 26.0 Å². The number of fused-ring (bicyclic) bond motifs is 1. The van der Waals surface area contributed by atoms with Crippen LogP contribution in [0.15, 0.2) is 42.5 Å². The van der Waals surface area contributed by atoms with E-state index in [1.165, 1.54) is 0 Å². The summed E-state index contributed by atoms with van der Waals surface area (Å²) in [5.41, 5.74) is 2.11. The van der Waals surface area contributed by atoms with E-state index in [9.17, 15) is 13.2 Å². The van der Waals surface area contributed by atoms with E-state index in [0.717, 1.165) is 16.1 Å². The Morgan fingerprint density at radius 2 is 1.62 bits per heavy atom. The molecule has 0 aromatic heterocycles. The highest BCUT2D eigenvalue weighted by Crippen LogP contribution is 2.35. The van der Waals surface area contributed by atoms with Gasteiger partial charge in [0.05, 0.1) is 11.9 Å². The molecule has 0 radical (unpaired) electrons. The molecule has 1 N–H and O–H groups in total. The number of anilines is 2. The van der Waals surface area contributed by atoms with Crippen LogP contribution in [0.4, 0.5) is 11.4 Å². The molecule has 0 spiro atoms. The van der Waals surface area contributed by atoms with Gasteiger partial charge in [0.1, 0.15) is 19.3 Å². The van der Waals surface area contributed by atoms with Crippen molar-refractivity contribution in [3.8, 4) is 11.5 Å². The lowest BCUT2D eigenvalue weighted by Crippen LogP contribution is -2.45. The van der Waals surface area contributed by atoms with E-state index in [2.05, 4.69) is 19.2 Å². The molecule has 0 saturated carbocycles. The van der Waals surface area contributed by atoms with Gasteiger partial charge in [-0.3, -0.25) is 9.10 Å². The highest BCUT2D eigenvalue weighted by molar-refractivity contribution is 7.92. The molecule has 3 rings (SSSR count). The van der Waals surface area contributed by atoms with Crippen LogP contribution in [-0.2, 0) is 14.8 Å². The van der Waals surface area contributed by atoms with Gasteiger partial charge in [0.2, 0.25) is 15.9 Å². The van der Waals surface area contributed by atoms with Gasteiger partial charge in [-0.2, -0.15) is 0 Å². The first-order valence-electron chi connectivity index (χ1n) is 9.46. The molecule has 0 fully saturated rings. The Balaban J connectivity index is 1.84. The maximum absolute atomic E-state index is 12.8. The van der Waals surface area contributed by atoms with Gasteiger partial charge in [0, 0.05) is 11.8 Å². The van der Waals surface area contributed by atoms with Gasteiger partial charge < -0.3 is 14.8 Å². The van der Waals surface area contributed by atoms with Crippen molar-refractivity contribution in [3.63, 3.8) is 0 Å². The van der Waals surface area contributed by atoms with Gasteiger partial charge in [0.15, 0.2) is 11.5 Å². The first-order valence-corrected chi connectivity index (χ1v) is 11.3. The fourth-order valence-corrected chi connectivity index (χ4v) is 4.34. The van der Waals surface area contributed by atoms with Gasteiger partial charge in [-0.25, -0.2) is 8.42 Å². The number of hydrogen-bond acceptors (Lipinski definition) is 5. The number of carbonyl (C=O) groups excluding carboxylic acids is 1. The monoisotopic (exact) mass is 418 g/mol. The summed E-state index contributed by atoms with van der Waals surface area (Å²) in [5, 5.41) is 2.79. The molecule has 29 heavy (non-hydrogen) atoms. The lowest BCUT2D eigenvalue weighted by Gasteiger charge is -2.29. The summed E-state index contributed by atoms with van der Waals surface area (Å²) in [6.07, 6.45) is 1.07. The number of nitrogens with zero attached hydrogens (tertiary/aromatic N) is 1. The normalized spacial score (nSPS) is 14.4. The van der Waals surface area contributed by atoms with Crippen molar-refractivity contribution in [2.75, 3.05) is 29.1 Å². The second kappa shape index (κ2) is 8.32. The minimum absolute atomic E-state index is 0.342. The van der Waals surface area contributed by atoms with Crippen LogP contribution in [0.2, 0.25) is 0 Å². The molecule has 156 valence electrons. The number of nitrogens with one attached hydrogen (secondary N) is 1. The minimum Gasteiger partial charge on any atom is -0.486 e. The maximum Gasteiger partial charge on any atom is 0.247 e. The molecular formula is C21H26N2O5S. The molecule has 2 aromatic carbocycles. The molecule has 0 unspecified atom stereocenters. The zero-order valence-electron chi connectivity index (χ0n) is 17.0. The van der Waals surface area contributed by atoms with Gasteiger partial charge in [0.25, 0.3) is 0 Å². The molecule has 2 aromatic rings. The Morgan fingerprint density at radius 1 is 1.00 bits per heavy atom. The zero-order valence-corrected chi connectivity index (χ0v) is 17.8. The van der Waals surface area contributed by atoms with Crippen LogP contribution in [0.1, 0.15) is 32.3 Å². The fraction of sp³-hybridized carbons (Fsp3) is 0.381. The highest BCUT2D eigenvalue weighted by atomic mass is 32.2. The molecular weight excluding hydrogens is 392 g/mol. The Bertz CT molecular complexity index is 987. The number of sulfonamides is 1. The van der Waals surface area contributed by atoms with Crippen molar-refractivity contribution in [2.45, 2.75) is 32.7 Å². The third-order valence-corrected chi connectivity index (χ3v) is 5.96. The lowest BCUT2D eigenvalue weighted by atomic mass is 10.0. The Labute approximate surface area is 171 Å². The second-order valence-electron chi connectivity index (χ2n) is 7.33. The van der Waals surface area contributed by atoms with E-state index < -0.39 is 22.0 Å². The predicted molar refractivity (Wildman–Crippen MR) is 113 cm³/mol. The van der Waals surface area contributed by atoms with Crippen LogP contribution in [-0.4, -0.2) is 39.8 Å². The number of hydrogen-bond donors (Lipinski definition) is 1. The summed E-state index contributed by atoms with van der Waals surface area (Å²) >= 11 is 0. The largest absolute Gasteiger partial charge is 0.486 e. The molecule has 1 aliphatic rings. The number of benzene rings is 2. The van der Waals surface area contributed by atoms with Crippen molar-refractivity contribution in [3.05, 3.63) is 48.0 Å². The summed E-state index contributed by atoms with van der Waals surface area (Å²) in [5.74, 6) is 0.965. The van der Waals surface area contributed by atoms with Crippen LogP contribution in [0, 0.1) is 0 Å². The third kappa shape index (κ3) is 4.82. The zero-order chi connectivity index (χ0) is 21.2. The fourth-order valence-electron chi connectivity index (χ4n) is 3.18. The van der Waals surface area contributed by atoms with Crippen LogP contribution in [0.5, 0.6) is 11.5 Å². The van der Waals surface area contributed by atoms with Crippen LogP contribution < -0.4 is 19.1 Å². The molecule has 1 aliphatic heterocycles. The van der Waals surface area contributed by atoms with Crippen LogP contribution in [0.25, 0.3) is 0 Å². The topological polar surface area (TPSA) is 84.9 Å². The van der Waals surface area contributed by atoms with Gasteiger partial charge in [-0.15, -0.1) is 0 Å².